The van der Waals surface area contributed by atoms with Crippen molar-refractivity contribution in [2.75, 3.05) is 16.9 Å². The van der Waals surface area contributed by atoms with E-state index in [0.717, 1.165) is 26.1 Å². The number of aromatic nitrogens is 2. The zero-order valence-corrected chi connectivity index (χ0v) is 32.0. The van der Waals surface area contributed by atoms with Crippen molar-refractivity contribution < 1.29 is 29.0 Å². The van der Waals surface area contributed by atoms with Gasteiger partial charge in [-0.2, -0.15) is 5.10 Å². The van der Waals surface area contributed by atoms with E-state index < -0.39 is 46.8 Å². The molecule has 0 radical (unpaired) electrons. The van der Waals surface area contributed by atoms with Gasteiger partial charge in [0.1, 0.15) is 11.5 Å². The van der Waals surface area contributed by atoms with Crippen molar-refractivity contribution in [3.8, 4) is 22.1 Å². The zero-order valence-electron chi connectivity index (χ0n) is 29.7. The van der Waals surface area contributed by atoms with Gasteiger partial charge in [0.05, 0.1) is 40.8 Å². The van der Waals surface area contributed by atoms with Crippen molar-refractivity contribution in [2.45, 2.75) is 32.6 Å². The number of methoxy groups -OCH3 is 1. The number of aryl methyl sites for hydroxylation is 2. The fourth-order valence-corrected chi connectivity index (χ4v) is 11.0. The molecule has 3 fully saturated rings. The van der Waals surface area contributed by atoms with Crippen molar-refractivity contribution in [1.29, 1.82) is 0 Å². The first-order chi connectivity index (χ1) is 25.8. The van der Waals surface area contributed by atoms with Crippen LogP contribution in [0.3, 0.4) is 0 Å². The molecule has 9 rings (SSSR count). The number of rotatable bonds is 5. The Hall–Kier alpha value is -4.97. The lowest BCUT2D eigenvalue weighted by molar-refractivity contribution is -0.131. The molecule has 4 aliphatic rings. The van der Waals surface area contributed by atoms with Gasteiger partial charge in [-0.05, 0) is 104 Å². The van der Waals surface area contributed by atoms with Crippen molar-refractivity contribution in [2.24, 2.45) is 36.1 Å². The molecule has 2 saturated heterocycles. The van der Waals surface area contributed by atoms with E-state index in [4.69, 9.17) is 33.0 Å². The molecule has 10 nitrogen and oxygen atoms in total. The summed E-state index contributed by atoms with van der Waals surface area (Å²) < 4.78 is 7.94. The highest BCUT2D eigenvalue weighted by molar-refractivity contribution is 7.22. The van der Waals surface area contributed by atoms with Crippen molar-refractivity contribution in [3.05, 3.63) is 99.6 Å². The van der Waals surface area contributed by atoms with E-state index in [1.54, 1.807) is 71.6 Å². The molecule has 0 unspecified atom stereocenters. The standard InChI is InChI=1S/C41H34Cl2N4O6S/c1-19-26-16-22(43)8-14-32(26)54-36(19)29-18-33(45(3)44-29)47-38(50)28-17-27-24(35(41(28,2)40(47)52)20-5-13-31(53-4)30(48)15-20)11-12-25-34(27)39(51)46(37(25)49)23-9-6-21(42)7-10-23/h5-11,13-16,18,25,27-28,34-35,48H,12,17H2,1-4H3/t25-,27+,28-,34-,35-,41+/m0/s1. The molecule has 3 aromatic carbocycles. The number of anilines is 2. The van der Waals surface area contributed by atoms with Crippen LogP contribution in [0.4, 0.5) is 11.5 Å². The predicted octanol–water partition coefficient (Wildman–Crippen LogP) is 8.07. The molecule has 274 valence electrons. The van der Waals surface area contributed by atoms with Gasteiger partial charge in [-0.3, -0.25) is 28.8 Å². The van der Waals surface area contributed by atoms with Crippen LogP contribution in [0.2, 0.25) is 10.0 Å². The van der Waals surface area contributed by atoms with Crippen LogP contribution in [-0.2, 0) is 26.2 Å². The number of carbonyl (C=O) groups is 4. The molecule has 13 heteroatoms. The first kappa shape index (κ1) is 34.8. The third-order valence-electron chi connectivity index (χ3n) is 12.1. The van der Waals surface area contributed by atoms with Crippen LogP contribution in [0.5, 0.6) is 11.5 Å². The molecular formula is C41H34Cl2N4O6S. The van der Waals surface area contributed by atoms with Gasteiger partial charge in [0.15, 0.2) is 11.5 Å². The molecule has 1 N–H and O–H groups in total. The molecular weight excluding hydrogens is 747 g/mol. The number of imide groups is 2. The van der Waals surface area contributed by atoms with E-state index in [1.807, 2.05) is 38.1 Å². The van der Waals surface area contributed by atoms with Gasteiger partial charge in [0.2, 0.25) is 23.6 Å². The summed E-state index contributed by atoms with van der Waals surface area (Å²) in [6, 6.07) is 19.1. The molecule has 4 amide bonds. The van der Waals surface area contributed by atoms with Crippen LogP contribution < -0.4 is 14.5 Å². The highest BCUT2D eigenvalue weighted by Gasteiger charge is 2.68. The fourth-order valence-electron chi connectivity index (χ4n) is 9.56. The maximum Gasteiger partial charge on any atom is 0.242 e. The molecule has 54 heavy (non-hydrogen) atoms. The van der Waals surface area contributed by atoms with Gasteiger partial charge in [0, 0.05) is 33.8 Å². The summed E-state index contributed by atoms with van der Waals surface area (Å²) in [5, 5.41) is 17.9. The number of amides is 4. The van der Waals surface area contributed by atoms with E-state index in [-0.39, 0.29) is 29.7 Å². The number of hydrogen-bond donors (Lipinski definition) is 1. The Balaban J connectivity index is 1.15. The SMILES string of the molecule is COc1ccc([C@H]2C3=CC[C@@H]4C(=O)N(c5ccc(Cl)cc5)C(=O)[C@@H]4[C@@H]3C[C@H]3C(=O)N(c4cc(-c5sc6ccc(Cl)cc6c5C)nn4C)C(=O)[C@@]23C)cc1O. The molecule has 0 spiro atoms. The fraction of sp³-hybridized carbons (Fsp3) is 0.293. The van der Waals surface area contributed by atoms with Gasteiger partial charge in [-0.25, -0.2) is 4.90 Å². The summed E-state index contributed by atoms with van der Waals surface area (Å²) in [6.07, 6.45) is 2.47. The third kappa shape index (κ3) is 4.80. The van der Waals surface area contributed by atoms with E-state index in [0.29, 0.717) is 39.2 Å². The van der Waals surface area contributed by atoms with Crippen LogP contribution in [-0.4, -0.2) is 45.6 Å². The molecule has 2 aliphatic heterocycles. The minimum atomic E-state index is -1.30. The summed E-state index contributed by atoms with van der Waals surface area (Å²) in [6.45, 7) is 3.81. The summed E-state index contributed by atoms with van der Waals surface area (Å²) in [4.78, 5) is 61.6. The number of benzene rings is 3. The number of phenolic OH excluding ortho intramolecular Hbond substituents is 1. The molecule has 4 heterocycles. The average Bonchev–Trinajstić information content (AvgIpc) is 3.82. The van der Waals surface area contributed by atoms with Gasteiger partial charge in [-0.1, -0.05) is 40.9 Å². The second-order valence-electron chi connectivity index (χ2n) is 14.8. The van der Waals surface area contributed by atoms with Gasteiger partial charge in [-0.15, -0.1) is 11.3 Å². The number of fused-ring (bicyclic) bond motifs is 5. The number of halogens is 2. The van der Waals surface area contributed by atoms with Crippen molar-refractivity contribution in [1.82, 2.24) is 9.78 Å². The number of carbonyl (C=O) groups excluding carboxylic acids is 4. The molecule has 2 aliphatic carbocycles. The molecule has 0 bridgehead atoms. The zero-order chi connectivity index (χ0) is 38.0. The van der Waals surface area contributed by atoms with E-state index in [2.05, 4.69) is 0 Å². The second-order valence-corrected chi connectivity index (χ2v) is 16.7. The Morgan fingerprint density at radius 3 is 2.37 bits per heavy atom. The summed E-state index contributed by atoms with van der Waals surface area (Å²) in [7, 11) is 3.17. The molecule has 2 aromatic heterocycles. The van der Waals surface area contributed by atoms with Crippen LogP contribution in [0.25, 0.3) is 20.7 Å². The summed E-state index contributed by atoms with van der Waals surface area (Å²) >= 11 is 14.0. The van der Waals surface area contributed by atoms with E-state index >= 15 is 4.79 Å². The predicted molar refractivity (Wildman–Crippen MR) is 207 cm³/mol. The molecule has 6 atom stereocenters. The van der Waals surface area contributed by atoms with Crippen molar-refractivity contribution in [3.63, 3.8) is 0 Å². The van der Waals surface area contributed by atoms with Gasteiger partial charge < -0.3 is 9.84 Å². The van der Waals surface area contributed by atoms with Crippen LogP contribution in [0.15, 0.2) is 78.4 Å². The largest absolute Gasteiger partial charge is 0.504 e. The maximum atomic E-state index is 15.1. The Bertz CT molecular complexity index is 2510. The van der Waals surface area contributed by atoms with Crippen LogP contribution >= 0.6 is 34.5 Å². The average molecular weight is 782 g/mol. The number of ether oxygens (including phenoxy) is 1. The Morgan fingerprint density at radius 2 is 1.65 bits per heavy atom. The van der Waals surface area contributed by atoms with Crippen molar-refractivity contribution >= 4 is 79.8 Å². The lowest BCUT2D eigenvalue weighted by atomic mass is 9.51. The number of aromatic hydroxyl groups is 1. The highest BCUT2D eigenvalue weighted by atomic mass is 35.5. The topological polar surface area (TPSA) is 122 Å². The Morgan fingerprint density at radius 1 is 0.907 bits per heavy atom. The second kappa shape index (κ2) is 12.3. The number of thiophene rings is 1. The Labute approximate surface area is 324 Å². The highest BCUT2D eigenvalue weighted by Crippen LogP contribution is 2.64. The van der Waals surface area contributed by atoms with E-state index in [9.17, 15) is 19.5 Å². The third-order valence-corrected chi connectivity index (χ3v) is 13.9. The molecule has 5 aromatic rings. The normalized spacial score (nSPS) is 26.3. The summed E-state index contributed by atoms with van der Waals surface area (Å²) in [5.74, 6) is -4.38. The van der Waals surface area contributed by atoms with Crippen LogP contribution in [0.1, 0.15) is 36.8 Å². The van der Waals surface area contributed by atoms with E-state index in [1.165, 1.54) is 16.9 Å². The minimum absolute atomic E-state index is 0.113. The molecule has 1 saturated carbocycles. The van der Waals surface area contributed by atoms with Crippen LogP contribution in [0, 0.1) is 36.0 Å². The lowest BCUT2D eigenvalue weighted by Gasteiger charge is -2.49. The first-order valence-corrected chi connectivity index (χ1v) is 19.2. The number of hydrogen-bond acceptors (Lipinski definition) is 8. The Kier molecular flexibility index (Phi) is 7.91. The van der Waals surface area contributed by atoms with Gasteiger partial charge in [0.25, 0.3) is 0 Å². The maximum absolute atomic E-state index is 15.1. The monoisotopic (exact) mass is 780 g/mol. The number of nitrogens with zero attached hydrogens (tertiary/aromatic N) is 4. The first-order valence-electron chi connectivity index (χ1n) is 17.6. The lowest BCUT2D eigenvalue weighted by Crippen LogP contribution is -2.48. The summed E-state index contributed by atoms with van der Waals surface area (Å²) in [5.41, 5.74) is 2.17. The van der Waals surface area contributed by atoms with Gasteiger partial charge >= 0.3 is 0 Å². The quantitative estimate of drug-likeness (QED) is 0.141. The number of phenols is 1. The minimum Gasteiger partial charge on any atom is -0.504 e. The smallest absolute Gasteiger partial charge is 0.242 e. The number of allylic oxidation sites excluding steroid dienone is 2.